The van der Waals surface area contributed by atoms with Crippen molar-refractivity contribution in [2.45, 2.75) is 32.2 Å². The van der Waals surface area contributed by atoms with Gasteiger partial charge in [-0.1, -0.05) is 65.8 Å². The largest absolute Gasteiger partial charge is 0.484 e. The fraction of sp³-hybridized carbons (Fsp3) is 0.240. The van der Waals surface area contributed by atoms with Crippen LogP contribution in [0.25, 0.3) is 0 Å². The van der Waals surface area contributed by atoms with Crippen molar-refractivity contribution < 1.29 is 9.53 Å². The first-order chi connectivity index (χ1) is 15.9. The zero-order valence-corrected chi connectivity index (χ0v) is 20.4. The molecule has 0 radical (unpaired) electrons. The Kier molecular flexibility index (Phi) is 7.20. The van der Waals surface area contributed by atoms with Gasteiger partial charge in [0, 0.05) is 30.5 Å². The molecule has 2 aromatic heterocycles. The standard InChI is InChI=1S/C25H25ClN4O2S/c1-17-13-20(18(2)30(17)14-19-9-5-4-6-10-19)22(31)16-33-25-28-27-24(29(25)3)15-32-23-12-8-7-11-21(23)26/h4-13H,14-16H2,1-3H3. The lowest BCUT2D eigenvalue weighted by Gasteiger charge is -2.10. The molecule has 4 aromatic rings. The van der Waals surface area contributed by atoms with Crippen LogP contribution >= 0.6 is 23.4 Å². The number of ketones is 1. The molecule has 6 nitrogen and oxygen atoms in total. The monoisotopic (exact) mass is 480 g/mol. The Morgan fingerprint density at radius 1 is 1.06 bits per heavy atom. The summed E-state index contributed by atoms with van der Waals surface area (Å²) in [5, 5.41) is 9.64. The summed E-state index contributed by atoms with van der Waals surface area (Å²) in [5.74, 6) is 1.61. The van der Waals surface area contributed by atoms with Crippen molar-refractivity contribution >= 4 is 29.1 Å². The maximum Gasteiger partial charge on any atom is 0.191 e. The Labute approximate surface area is 202 Å². The molecule has 170 valence electrons. The number of Topliss-reactive ketones (excluding diaryl/α,β-unsaturated/α-hetero) is 1. The first kappa shape index (κ1) is 23.1. The van der Waals surface area contributed by atoms with E-state index in [2.05, 4.69) is 26.9 Å². The molecule has 0 fully saturated rings. The van der Waals surface area contributed by atoms with Crippen LogP contribution in [0.3, 0.4) is 0 Å². The van der Waals surface area contributed by atoms with Crippen LogP contribution in [0.15, 0.2) is 65.8 Å². The molecule has 0 aliphatic heterocycles. The average Bonchev–Trinajstić information content (AvgIpc) is 3.31. The number of hydrogen-bond acceptors (Lipinski definition) is 5. The molecule has 4 rings (SSSR count). The Morgan fingerprint density at radius 3 is 2.55 bits per heavy atom. The average molecular weight is 481 g/mol. The van der Waals surface area contributed by atoms with E-state index in [1.165, 1.54) is 17.3 Å². The molecule has 0 saturated heterocycles. The van der Waals surface area contributed by atoms with Crippen molar-refractivity contribution in [3.8, 4) is 5.75 Å². The quantitative estimate of drug-likeness (QED) is 0.234. The fourth-order valence-corrected chi connectivity index (χ4v) is 4.60. The lowest BCUT2D eigenvalue weighted by Crippen LogP contribution is -2.08. The van der Waals surface area contributed by atoms with Gasteiger partial charge in [0.05, 0.1) is 10.8 Å². The van der Waals surface area contributed by atoms with E-state index in [0.717, 1.165) is 23.5 Å². The van der Waals surface area contributed by atoms with Gasteiger partial charge >= 0.3 is 0 Å². The molecule has 0 aliphatic rings. The van der Waals surface area contributed by atoms with Crippen LogP contribution in [-0.4, -0.2) is 30.9 Å². The van der Waals surface area contributed by atoms with Crippen LogP contribution in [0.4, 0.5) is 0 Å². The van der Waals surface area contributed by atoms with E-state index in [-0.39, 0.29) is 18.1 Å². The van der Waals surface area contributed by atoms with Gasteiger partial charge in [0.1, 0.15) is 12.4 Å². The molecular formula is C25H25ClN4O2S. The molecule has 0 N–H and O–H groups in total. The maximum atomic E-state index is 13.0. The SMILES string of the molecule is Cc1cc(C(=O)CSc2nnc(COc3ccccc3Cl)n2C)c(C)n1Cc1ccccc1. The van der Waals surface area contributed by atoms with Crippen molar-refractivity contribution in [1.29, 1.82) is 0 Å². The Balaban J connectivity index is 1.39. The van der Waals surface area contributed by atoms with Gasteiger partial charge < -0.3 is 13.9 Å². The summed E-state index contributed by atoms with van der Waals surface area (Å²) in [7, 11) is 1.86. The number of carbonyl (C=O) groups excluding carboxylic acids is 1. The van der Waals surface area contributed by atoms with Gasteiger partial charge in [-0.3, -0.25) is 4.79 Å². The van der Waals surface area contributed by atoms with E-state index in [0.29, 0.717) is 21.8 Å². The molecule has 0 saturated carbocycles. The lowest BCUT2D eigenvalue weighted by atomic mass is 10.2. The molecule has 0 amide bonds. The fourth-order valence-electron chi connectivity index (χ4n) is 3.60. The Bertz CT molecular complexity index is 1270. The Hall–Kier alpha value is -3.03. The van der Waals surface area contributed by atoms with E-state index in [4.69, 9.17) is 16.3 Å². The first-order valence-corrected chi connectivity index (χ1v) is 11.9. The number of nitrogens with zero attached hydrogens (tertiary/aromatic N) is 4. The highest BCUT2D eigenvalue weighted by Crippen LogP contribution is 2.25. The molecule has 0 spiro atoms. The van der Waals surface area contributed by atoms with Crippen molar-refractivity contribution in [3.63, 3.8) is 0 Å². The molecule has 0 aliphatic carbocycles. The molecule has 0 bridgehead atoms. The number of para-hydroxylation sites is 1. The highest BCUT2D eigenvalue weighted by Gasteiger charge is 2.18. The first-order valence-electron chi connectivity index (χ1n) is 10.6. The second-order valence-electron chi connectivity index (χ2n) is 7.75. The minimum Gasteiger partial charge on any atom is -0.484 e. The summed E-state index contributed by atoms with van der Waals surface area (Å²) in [4.78, 5) is 13.0. The summed E-state index contributed by atoms with van der Waals surface area (Å²) < 4.78 is 9.78. The van der Waals surface area contributed by atoms with Gasteiger partial charge in [-0.25, -0.2) is 0 Å². The Morgan fingerprint density at radius 2 is 1.79 bits per heavy atom. The molecular weight excluding hydrogens is 456 g/mol. The van der Waals surface area contributed by atoms with Crippen molar-refractivity contribution in [2.75, 3.05) is 5.75 Å². The number of thioether (sulfide) groups is 1. The van der Waals surface area contributed by atoms with Crippen molar-refractivity contribution in [2.24, 2.45) is 7.05 Å². The van der Waals surface area contributed by atoms with Gasteiger partial charge in [-0.05, 0) is 37.6 Å². The summed E-state index contributed by atoms with van der Waals surface area (Å²) >= 11 is 7.51. The van der Waals surface area contributed by atoms with Crippen LogP contribution in [0.2, 0.25) is 5.02 Å². The topological polar surface area (TPSA) is 61.9 Å². The predicted octanol–water partition coefficient (Wildman–Crippen LogP) is 5.49. The number of hydrogen-bond donors (Lipinski definition) is 0. The normalized spacial score (nSPS) is 11.0. The summed E-state index contributed by atoms with van der Waals surface area (Å²) in [6.45, 7) is 5.02. The number of benzene rings is 2. The highest BCUT2D eigenvalue weighted by molar-refractivity contribution is 7.99. The second-order valence-corrected chi connectivity index (χ2v) is 9.10. The van der Waals surface area contributed by atoms with Crippen LogP contribution < -0.4 is 4.74 Å². The number of carbonyl (C=O) groups is 1. The summed E-state index contributed by atoms with van der Waals surface area (Å²) in [5.41, 5.74) is 4.01. The van der Waals surface area contributed by atoms with Gasteiger partial charge in [-0.15, -0.1) is 10.2 Å². The van der Waals surface area contributed by atoms with Gasteiger partial charge in [0.15, 0.2) is 16.8 Å². The smallest absolute Gasteiger partial charge is 0.191 e. The minimum atomic E-state index is 0.0734. The number of aryl methyl sites for hydroxylation is 1. The number of halogens is 1. The molecule has 0 atom stereocenters. The van der Waals surface area contributed by atoms with Crippen LogP contribution in [0, 0.1) is 13.8 Å². The maximum absolute atomic E-state index is 13.0. The van der Waals surface area contributed by atoms with Crippen LogP contribution in [-0.2, 0) is 20.2 Å². The molecule has 0 unspecified atom stereocenters. The third kappa shape index (κ3) is 5.31. The van der Waals surface area contributed by atoms with Crippen molar-refractivity contribution in [1.82, 2.24) is 19.3 Å². The van der Waals surface area contributed by atoms with Crippen LogP contribution in [0.5, 0.6) is 5.75 Å². The van der Waals surface area contributed by atoms with E-state index in [1.54, 1.807) is 12.1 Å². The van der Waals surface area contributed by atoms with Gasteiger partial charge in [0.2, 0.25) is 0 Å². The predicted molar refractivity (Wildman–Crippen MR) is 131 cm³/mol. The van der Waals surface area contributed by atoms with E-state index in [9.17, 15) is 4.79 Å². The van der Waals surface area contributed by atoms with E-state index >= 15 is 0 Å². The number of rotatable bonds is 9. The number of ether oxygens (including phenoxy) is 1. The lowest BCUT2D eigenvalue weighted by molar-refractivity contribution is 0.102. The van der Waals surface area contributed by atoms with Crippen LogP contribution in [0.1, 0.15) is 33.1 Å². The third-order valence-electron chi connectivity index (χ3n) is 5.51. The van der Waals surface area contributed by atoms with E-state index < -0.39 is 0 Å². The van der Waals surface area contributed by atoms with Gasteiger partial charge in [0.25, 0.3) is 0 Å². The zero-order chi connectivity index (χ0) is 23.4. The van der Waals surface area contributed by atoms with Gasteiger partial charge in [-0.2, -0.15) is 0 Å². The minimum absolute atomic E-state index is 0.0734. The molecule has 2 aromatic carbocycles. The zero-order valence-electron chi connectivity index (χ0n) is 18.8. The van der Waals surface area contributed by atoms with E-state index in [1.807, 2.05) is 61.9 Å². The molecule has 2 heterocycles. The third-order valence-corrected chi connectivity index (χ3v) is 6.84. The summed E-state index contributed by atoms with van der Waals surface area (Å²) in [6.07, 6.45) is 0. The summed E-state index contributed by atoms with van der Waals surface area (Å²) in [6, 6.07) is 19.5. The van der Waals surface area contributed by atoms with Crippen molar-refractivity contribution in [3.05, 3.63) is 94.0 Å². The highest BCUT2D eigenvalue weighted by atomic mass is 35.5. The second kappa shape index (κ2) is 10.3. The molecule has 33 heavy (non-hydrogen) atoms. The number of aromatic nitrogens is 4. The molecule has 8 heteroatoms.